The number of methoxy groups -OCH3 is 1. The zero-order valence-electron chi connectivity index (χ0n) is 11.4. The fraction of sp³-hybridized carbons (Fsp3) is 0.250. The van der Waals surface area contributed by atoms with E-state index in [9.17, 15) is 0 Å². The maximum absolute atomic E-state index is 6.01. The van der Waals surface area contributed by atoms with Gasteiger partial charge in [0.2, 0.25) is 0 Å². The van der Waals surface area contributed by atoms with Crippen molar-refractivity contribution in [1.82, 2.24) is 5.32 Å². The Morgan fingerprint density at radius 1 is 1.11 bits per heavy atom. The van der Waals surface area contributed by atoms with Crippen LogP contribution >= 0.6 is 11.6 Å². The molecule has 0 bridgehead atoms. The summed E-state index contributed by atoms with van der Waals surface area (Å²) in [5, 5.41) is 4.12. The second-order valence-electron chi connectivity index (χ2n) is 4.50. The van der Waals surface area contributed by atoms with Crippen LogP contribution in [0, 0.1) is 6.92 Å². The fourth-order valence-electron chi connectivity index (χ4n) is 2.26. The molecule has 100 valence electrons. The van der Waals surface area contributed by atoms with Gasteiger partial charge in [0.25, 0.3) is 0 Å². The Labute approximate surface area is 119 Å². The number of benzene rings is 2. The summed E-state index contributed by atoms with van der Waals surface area (Å²) in [5.74, 6) is 0.867. The van der Waals surface area contributed by atoms with E-state index in [0.717, 1.165) is 10.8 Å². The lowest BCUT2D eigenvalue weighted by atomic mass is 9.95. The van der Waals surface area contributed by atoms with E-state index < -0.39 is 0 Å². The highest BCUT2D eigenvalue weighted by molar-refractivity contribution is 6.30. The minimum Gasteiger partial charge on any atom is -0.497 e. The molecule has 3 heteroatoms. The number of halogens is 1. The van der Waals surface area contributed by atoms with Gasteiger partial charge in [-0.1, -0.05) is 29.8 Å². The lowest BCUT2D eigenvalue weighted by Gasteiger charge is -2.20. The van der Waals surface area contributed by atoms with Crippen molar-refractivity contribution < 1.29 is 4.74 Å². The summed E-state index contributed by atoms with van der Waals surface area (Å²) in [7, 11) is 3.64. The van der Waals surface area contributed by atoms with E-state index >= 15 is 0 Å². The molecule has 0 aliphatic rings. The van der Waals surface area contributed by atoms with Gasteiger partial charge < -0.3 is 10.1 Å². The Hall–Kier alpha value is -1.51. The van der Waals surface area contributed by atoms with Crippen molar-refractivity contribution >= 4 is 11.6 Å². The van der Waals surface area contributed by atoms with Crippen LogP contribution in [0.3, 0.4) is 0 Å². The highest BCUT2D eigenvalue weighted by atomic mass is 35.5. The second-order valence-corrected chi connectivity index (χ2v) is 4.93. The highest BCUT2D eigenvalue weighted by Crippen LogP contribution is 2.27. The standard InChI is InChI=1S/C16H18ClNO/c1-11-10-13(17)6-9-15(11)16(18-2)12-4-7-14(19-3)8-5-12/h4-10,16,18H,1-3H3. The summed E-state index contributed by atoms with van der Waals surface area (Å²) in [6.07, 6.45) is 0. The van der Waals surface area contributed by atoms with E-state index in [4.69, 9.17) is 16.3 Å². The van der Waals surface area contributed by atoms with Gasteiger partial charge >= 0.3 is 0 Å². The van der Waals surface area contributed by atoms with Crippen molar-refractivity contribution in [2.75, 3.05) is 14.2 Å². The molecule has 0 aromatic heterocycles. The molecular formula is C16H18ClNO. The first-order valence-electron chi connectivity index (χ1n) is 6.23. The summed E-state index contributed by atoms with van der Waals surface area (Å²) < 4.78 is 5.19. The molecule has 0 radical (unpaired) electrons. The molecule has 1 N–H and O–H groups in total. The van der Waals surface area contributed by atoms with Crippen LogP contribution in [-0.4, -0.2) is 14.2 Å². The van der Waals surface area contributed by atoms with Crippen molar-refractivity contribution in [2.24, 2.45) is 0 Å². The molecule has 2 nitrogen and oxygen atoms in total. The fourth-order valence-corrected chi connectivity index (χ4v) is 2.49. The van der Waals surface area contributed by atoms with Crippen molar-refractivity contribution in [2.45, 2.75) is 13.0 Å². The van der Waals surface area contributed by atoms with E-state index in [1.54, 1.807) is 7.11 Å². The monoisotopic (exact) mass is 275 g/mol. The molecule has 0 heterocycles. The third kappa shape index (κ3) is 3.09. The lowest BCUT2D eigenvalue weighted by molar-refractivity contribution is 0.414. The molecule has 1 unspecified atom stereocenters. The predicted octanol–water partition coefficient (Wildman–Crippen LogP) is 3.97. The Morgan fingerprint density at radius 2 is 1.79 bits per heavy atom. The van der Waals surface area contributed by atoms with E-state index in [1.807, 2.05) is 31.3 Å². The Balaban J connectivity index is 2.37. The molecule has 0 aliphatic carbocycles. The van der Waals surface area contributed by atoms with E-state index in [1.165, 1.54) is 16.7 Å². The van der Waals surface area contributed by atoms with Crippen LogP contribution in [0.1, 0.15) is 22.7 Å². The normalized spacial score (nSPS) is 12.2. The van der Waals surface area contributed by atoms with E-state index in [2.05, 4.69) is 30.4 Å². The molecule has 1 atom stereocenters. The van der Waals surface area contributed by atoms with Crippen LogP contribution in [-0.2, 0) is 0 Å². The van der Waals surface area contributed by atoms with E-state index in [0.29, 0.717) is 0 Å². The molecule has 2 aromatic rings. The Kier molecular flexibility index (Phi) is 4.46. The lowest BCUT2D eigenvalue weighted by Crippen LogP contribution is -2.18. The maximum atomic E-state index is 6.01. The first-order chi connectivity index (χ1) is 9.15. The quantitative estimate of drug-likeness (QED) is 0.912. The van der Waals surface area contributed by atoms with Gasteiger partial charge in [-0.3, -0.25) is 0 Å². The van der Waals surface area contributed by atoms with Crippen LogP contribution < -0.4 is 10.1 Å². The largest absolute Gasteiger partial charge is 0.497 e. The van der Waals surface area contributed by atoms with Gasteiger partial charge in [0, 0.05) is 5.02 Å². The van der Waals surface area contributed by atoms with Crippen LogP contribution in [0.15, 0.2) is 42.5 Å². The molecular weight excluding hydrogens is 258 g/mol. The summed E-state index contributed by atoms with van der Waals surface area (Å²) in [6, 6.07) is 14.3. The number of aryl methyl sites for hydroxylation is 1. The molecule has 2 aromatic carbocycles. The third-order valence-corrected chi connectivity index (χ3v) is 3.52. The molecule has 19 heavy (non-hydrogen) atoms. The average molecular weight is 276 g/mol. The number of rotatable bonds is 4. The summed E-state index contributed by atoms with van der Waals surface area (Å²) in [6.45, 7) is 2.08. The average Bonchev–Trinajstić information content (AvgIpc) is 2.42. The van der Waals surface area contributed by atoms with Crippen LogP contribution in [0.4, 0.5) is 0 Å². The van der Waals surface area contributed by atoms with Crippen molar-refractivity contribution in [3.63, 3.8) is 0 Å². The van der Waals surface area contributed by atoms with Gasteiger partial charge in [0.05, 0.1) is 13.2 Å². The smallest absolute Gasteiger partial charge is 0.118 e. The molecule has 0 saturated heterocycles. The van der Waals surface area contributed by atoms with Crippen molar-refractivity contribution in [3.8, 4) is 5.75 Å². The van der Waals surface area contributed by atoms with Gasteiger partial charge in [0.1, 0.15) is 5.75 Å². The van der Waals surface area contributed by atoms with Gasteiger partial charge in [-0.2, -0.15) is 0 Å². The number of hydrogen-bond donors (Lipinski definition) is 1. The predicted molar refractivity (Wildman–Crippen MR) is 80.1 cm³/mol. The maximum Gasteiger partial charge on any atom is 0.118 e. The molecule has 0 aliphatic heterocycles. The second kappa shape index (κ2) is 6.09. The van der Waals surface area contributed by atoms with Gasteiger partial charge in [-0.25, -0.2) is 0 Å². The van der Waals surface area contributed by atoms with Crippen LogP contribution in [0.25, 0.3) is 0 Å². The first kappa shape index (κ1) is 13.9. The molecule has 2 rings (SSSR count). The van der Waals surface area contributed by atoms with Crippen molar-refractivity contribution in [1.29, 1.82) is 0 Å². The number of hydrogen-bond acceptors (Lipinski definition) is 2. The zero-order valence-corrected chi connectivity index (χ0v) is 12.2. The van der Waals surface area contributed by atoms with Crippen LogP contribution in [0.2, 0.25) is 5.02 Å². The first-order valence-corrected chi connectivity index (χ1v) is 6.60. The molecule has 0 saturated carbocycles. The Bertz CT molecular complexity index is 551. The third-order valence-electron chi connectivity index (χ3n) is 3.28. The SMILES string of the molecule is CNC(c1ccc(OC)cc1)c1ccc(Cl)cc1C. The van der Waals surface area contributed by atoms with Gasteiger partial charge in [-0.15, -0.1) is 0 Å². The topological polar surface area (TPSA) is 21.3 Å². The summed E-state index contributed by atoms with van der Waals surface area (Å²) in [5.41, 5.74) is 3.62. The summed E-state index contributed by atoms with van der Waals surface area (Å²) in [4.78, 5) is 0. The number of ether oxygens (including phenoxy) is 1. The zero-order chi connectivity index (χ0) is 13.8. The minimum absolute atomic E-state index is 0.156. The molecule has 0 spiro atoms. The Morgan fingerprint density at radius 3 is 2.32 bits per heavy atom. The summed E-state index contributed by atoms with van der Waals surface area (Å²) >= 11 is 6.01. The van der Waals surface area contributed by atoms with Crippen molar-refractivity contribution in [3.05, 3.63) is 64.2 Å². The molecule has 0 amide bonds. The van der Waals surface area contributed by atoms with Gasteiger partial charge in [0.15, 0.2) is 0 Å². The molecule has 0 fully saturated rings. The number of nitrogens with one attached hydrogen (secondary N) is 1. The van der Waals surface area contributed by atoms with Crippen LogP contribution in [0.5, 0.6) is 5.75 Å². The van der Waals surface area contributed by atoms with Gasteiger partial charge in [-0.05, 0) is 54.9 Å². The highest BCUT2D eigenvalue weighted by Gasteiger charge is 2.14. The minimum atomic E-state index is 0.156. The van der Waals surface area contributed by atoms with E-state index in [-0.39, 0.29) is 6.04 Å².